The summed E-state index contributed by atoms with van der Waals surface area (Å²) in [4.78, 5) is 6.88. The zero-order chi connectivity index (χ0) is 18.4. The van der Waals surface area contributed by atoms with Crippen LogP contribution >= 0.6 is 31.9 Å². The van der Waals surface area contributed by atoms with E-state index in [0.29, 0.717) is 0 Å². The SMILES string of the molecule is CCCN(/C=N/c1cc(C)c(Oc2ccc(Br)c(Br)c2)cc1C)CC. The van der Waals surface area contributed by atoms with Gasteiger partial charge in [-0.3, -0.25) is 0 Å². The van der Waals surface area contributed by atoms with E-state index in [0.717, 1.165) is 56.8 Å². The van der Waals surface area contributed by atoms with Crippen LogP contribution in [0.25, 0.3) is 0 Å². The van der Waals surface area contributed by atoms with Crippen LogP contribution in [0.5, 0.6) is 11.5 Å². The van der Waals surface area contributed by atoms with Crippen molar-refractivity contribution >= 4 is 43.9 Å². The summed E-state index contributed by atoms with van der Waals surface area (Å²) < 4.78 is 8.03. The highest BCUT2D eigenvalue weighted by Gasteiger charge is 2.08. The van der Waals surface area contributed by atoms with E-state index < -0.39 is 0 Å². The van der Waals surface area contributed by atoms with E-state index in [2.05, 4.69) is 68.6 Å². The third-order valence-electron chi connectivity index (χ3n) is 3.89. The molecule has 0 saturated heterocycles. The summed E-state index contributed by atoms with van der Waals surface area (Å²) in [7, 11) is 0. The Balaban J connectivity index is 2.21. The van der Waals surface area contributed by atoms with Gasteiger partial charge in [0.15, 0.2) is 0 Å². The normalized spacial score (nSPS) is 11.1. The molecule has 2 aromatic rings. The molecule has 0 saturated carbocycles. The first-order valence-electron chi connectivity index (χ1n) is 8.47. The van der Waals surface area contributed by atoms with Crippen LogP contribution in [-0.2, 0) is 0 Å². The van der Waals surface area contributed by atoms with Crippen molar-refractivity contribution in [2.75, 3.05) is 13.1 Å². The maximum Gasteiger partial charge on any atom is 0.130 e. The van der Waals surface area contributed by atoms with Crippen molar-refractivity contribution in [2.45, 2.75) is 34.1 Å². The lowest BCUT2D eigenvalue weighted by Crippen LogP contribution is -2.21. The summed E-state index contributed by atoms with van der Waals surface area (Å²) in [5.74, 6) is 1.65. The maximum absolute atomic E-state index is 6.05. The molecule has 0 bridgehead atoms. The minimum atomic E-state index is 0.800. The molecular weight excluding hydrogens is 444 g/mol. The molecule has 0 aliphatic heterocycles. The fourth-order valence-electron chi connectivity index (χ4n) is 2.42. The van der Waals surface area contributed by atoms with Crippen LogP contribution in [-0.4, -0.2) is 24.3 Å². The van der Waals surface area contributed by atoms with Gasteiger partial charge in [0.2, 0.25) is 0 Å². The highest BCUT2D eigenvalue weighted by molar-refractivity contribution is 9.13. The second kappa shape index (κ2) is 9.39. The summed E-state index contributed by atoms with van der Waals surface area (Å²) >= 11 is 6.98. The largest absolute Gasteiger partial charge is 0.457 e. The van der Waals surface area contributed by atoms with E-state index in [1.807, 2.05) is 37.5 Å². The van der Waals surface area contributed by atoms with Gasteiger partial charge >= 0.3 is 0 Å². The van der Waals surface area contributed by atoms with Gasteiger partial charge in [-0.05, 0) is 101 Å². The predicted octanol–water partition coefficient (Wildman–Crippen LogP) is 7.01. The van der Waals surface area contributed by atoms with E-state index >= 15 is 0 Å². The van der Waals surface area contributed by atoms with E-state index in [-0.39, 0.29) is 0 Å². The number of rotatable bonds is 7. The molecule has 0 atom stereocenters. The predicted molar refractivity (Wildman–Crippen MR) is 114 cm³/mol. The average Bonchev–Trinajstić information content (AvgIpc) is 2.58. The van der Waals surface area contributed by atoms with Gasteiger partial charge in [0.05, 0.1) is 12.0 Å². The molecule has 0 heterocycles. The number of hydrogen-bond donors (Lipinski definition) is 0. The van der Waals surface area contributed by atoms with Gasteiger partial charge in [0.25, 0.3) is 0 Å². The molecule has 5 heteroatoms. The molecule has 0 spiro atoms. The molecule has 134 valence electrons. The van der Waals surface area contributed by atoms with Gasteiger partial charge in [0.1, 0.15) is 11.5 Å². The number of nitrogens with zero attached hydrogens (tertiary/aromatic N) is 2. The first kappa shape index (κ1) is 20.0. The van der Waals surface area contributed by atoms with Crippen LogP contribution in [0.4, 0.5) is 5.69 Å². The van der Waals surface area contributed by atoms with Gasteiger partial charge in [-0.2, -0.15) is 0 Å². The third-order valence-corrected chi connectivity index (χ3v) is 5.77. The summed E-state index contributed by atoms with van der Waals surface area (Å²) in [5.41, 5.74) is 3.15. The second-order valence-electron chi connectivity index (χ2n) is 5.96. The number of hydrogen-bond acceptors (Lipinski definition) is 2. The van der Waals surface area contributed by atoms with Gasteiger partial charge < -0.3 is 9.64 Å². The Hall–Kier alpha value is -1.33. The quantitative estimate of drug-likeness (QED) is 0.323. The van der Waals surface area contributed by atoms with E-state index in [1.165, 1.54) is 0 Å². The Kier molecular flexibility index (Phi) is 7.51. The van der Waals surface area contributed by atoms with Crippen molar-refractivity contribution in [3.63, 3.8) is 0 Å². The molecule has 0 radical (unpaired) electrons. The van der Waals surface area contributed by atoms with Crippen LogP contribution in [0.15, 0.2) is 44.3 Å². The highest BCUT2D eigenvalue weighted by Crippen LogP contribution is 2.34. The van der Waals surface area contributed by atoms with Gasteiger partial charge in [-0.15, -0.1) is 0 Å². The van der Waals surface area contributed by atoms with Gasteiger partial charge in [-0.25, -0.2) is 4.99 Å². The minimum absolute atomic E-state index is 0.800. The van der Waals surface area contributed by atoms with Crippen LogP contribution in [0, 0.1) is 13.8 Å². The fourth-order valence-corrected chi connectivity index (χ4v) is 3.02. The number of halogens is 2. The fraction of sp³-hybridized carbons (Fsp3) is 0.350. The van der Waals surface area contributed by atoms with E-state index in [4.69, 9.17) is 4.74 Å². The lowest BCUT2D eigenvalue weighted by atomic mass is 10.1. The summed E-state index contributed by atoms with van der Waals surface area (Å²) in [6.45, 7) is 10.4. The summed E-state index contributed by atoms with van der Waals surface area (Å²) in [5, 5.41) is 0. The molecule has 25 heavy (non-hydrogen) atoms. The van der Waals surface area contributed by atoms with Crippen LogP contribution in [0.2, 0.25) is 0 Å². The Bertz CT molecular complexity index is 760. The topological polar surface area (TPSA) is 24.8 Å². The Morgan fingerprint density at radius 1 is 1.04 bits per heavy atom. The van der Waals surface area contributed by atoms with Crippen LogP contribution in [0.3, 0.4) is 0 Å². The summed E-state index contributed by atoms with van der Waals surface area (Å²) in [6, 6.07) is 9.99. The summed E-state index contributed by atoms with van der Waals surface area (Å²) in [6.07, 6.45) is 3.06. The number of aryl methyl sites for hydroxylation is 2. The highest BCUT2D eigenvalue weighted by atomic mass is 79.9. The number of aliphatic imine (C=N–C) groups is 1. The molecule has 3 nitrogen and oxygen atoms in total. The second-order valence-corrected chi connectivity index (χ2v) is 7.66. The van der Waals surface area contributed by atoms with Crippen molar-refractivity contribution in [2.24, 2.45) is 4.99 Å². The van der Waals surface area contributed by atoms with Gasteiger partial charge in [0, 0.05) is 22.0 Å². The lowest BCUT2D eigenvalue weighted by molar-refractivity contribution is 0.452. The average molecular weight is 468 g/mol. The standard InChI is InChI=1S/C20H24Br2N2O/c1-5-9-24(6-2)13-23-19-10-15(4)20(11-14(19)3)25-16-7-8-17(21)18(22)12-16/h7-8,10-13H,5-6,9H2,1-4H3/b23-13+. The molecular formula is C20H24Br2N2O. The minimum Gasteiger partial charge on any atom is -0.457 e. The molecule has 2 rings (SSSR count). The number of benzene rings is 2. The zero-order valence-corrected chi connectivity index (χ0v) is 18.3. The molecule has 0 aliphatic carbocycles. The van der Waals surface area contributed by atoms with Crippen molar-refractivity contribution in [1.82, 2.24) is 4.90 Å². The Morgan fingerprint density at radius 3 is 2.44 bits per heavy atom. The molecule has 0 fully saturated rings. The van der Waals surface area contributed by atoms with Crippen molar-refractivity contribution in [3.8, 4) is 11.5 Å². The van der Waals surface area contributed by atoms with Gasteiger partial charge in [-0.1, -0.05) is 6.92 Å². The van der Waals surface area contributed by atoms with Crippen molar-refractivity contribution in [1.29, 1.82) is 0 Å². The number of ether oxygens (including phenoxy) is 1. The molecule has 2 aromatic carbocycles. The van der Waals surface area contributed by atoms with Crippen molar-refractivity contribution in [3.05, 3.63) is 50.4 Å². The Morgan fingerprint density at radius 2 is 1.80 bits per heavy atom. The Labute approximate surface area is 167 Å². The molecule has 0 N–H and O–H groups in total. The first-order chi connectivity index (χ1) is 11.9. The van der Waals surface area contributed by atoms with E-state index in [9.17, 15) is 0 Å². The monoisotopic (exact) mass is 466 g/mol. The molecule has 0 aromatic heterocycles. The molecule has 0 aliphatic rings. The van der Waals surface area contributed by atoms with E-state index in [1.54, 1.807) is 0 Å². The maximum atomic E-state index is 6.05. The van der Waals surface area contributed by atoms with Crippen molar-refractivity contribution < 1.29 is 4.74 Å². The smallest absolute Gasteiger partial charge is 0.130 e. The molecule has 0 unspecified atom stereocenters. The third kappa shape index (κ3) is 5.58. The van der Waals surface area contributed by atoms with Crippen LogP contribution < -0.4 is 4.74 Å². The lowest BCUT2D eigenvalue weighted by Gasteiger charge is -2.16. The first-order valence-corrected chi connectivity index (χ1v) is 10.1. The zero-order valence-electron chi connectivity index (χ0n) is 15.1. The molecule has 0 amide bonds. The van der Waals surface area contributed by atoms with Crippen LogP contribution in [0.1, 0.15) is 31.4 Å².